The van der Waals surface area contributed by atoms with Gasteiger partial charge in [0.1, 0.15) is 6.54 Å². The fourth-order valence-corrected chi connectivity index (χ4v) is 3.30. The van der Waals surface area contributed by atoms with Gasteiger partial charge in [-0.25, -0.2) is 14.5 Å². The first-order valence-corrected chi connectivity index (χ1v) is 8.59. The lowest BCUT2D eigenvalue weighted by molar-refractivity contribution is -0.144. The summed E-state index contributed by atoms with van der Waals surface area (Å²) in [4.78, 5) is 61.9. The van der Waals surface area contributed by atoms with Crippen molar-refractivity contribution >= 4 is 35.4 Å². The lowest BCUT2D eigenvalue weighted by atomic mass is 10.2. The second-order valence-corrected chi connectivity index (χ2v) is 6.40. The number of carbonyl (C=O) groups excluding carboxylic acids is 5. The zero-order valence-corrected chi connectivity index (χ0v) is 14.8. The molecule has 1 aliphatic heterocycles. The highest BCUT2D eigenvalue weighted by Crippen LogP contribution is 2.27. The van der Waals surface area contributed by atoms with Gasteiger partial charge >= 0.3 is 23.8 Å². The van der Waals surface area contributed by atoms with Crippen molar-refractivity contribution < 1.29 is 28.7 Å². The Hall–Kier alpha value is -3.23. The quantitative estimate of drug-likeness (QED) is 0.470. The molecular formula is C18H19N3O6. The van der Waals surface area contributed by atoms with Gasteiger partial charge in [0.25, 0.3) is 0 Å². The molecule has 1 aromatic rings. The first-order valence-electron chi connectivity index (χ1n) is 8.59. The molecule has 1 aromatic carbocycles. The van der Waals surface area contributed by atoms with Gasteiger partial charge in [-0.3, -0.25) is 19.3 Å². The number of rotatable bonds is 5. The molecule has 0 atom stereocenters. The Labute approximate surface area is 155 Å². The fourth-order valence-electron chi connectivity index (χ4n) is 3.30. The number of ether oxygens (including phenoxy) is 1. The Morgan fingerprint density at radius 3 is 2.30 bits per heavy atom. The van der Waals surface area contributed by atoms with Crippen LogP contribution in [0.5, 0.6) is 0 Å². The summed E-state index contributed by atoms with van der Waals surface area (Å²) >= 11 is 0. The monoisotopic (exact) mass is 373 g/mol. The largest absolute Gasteiger partial charge is 0.465 e. The van der Waals surface area contributed by atoms with E-state index >= 15 is 0 Å². The standard InChI is InChI=1S/C18H19N3O6/c1-27-17(25)11-6-8-12(9-7-11)19-14(22)10-20-15(23)16(24)21(18(20)26)13-4-2-3-5-13/h6-9,13H,2-5,10H2,1H3,(H,19,22). The third-order valence-corrected chi connectivity index (χ3v) is 4.67. The van der Waals surface area contributed by atoms with Crippen molar-refractivity contribution in [3.63, 3.8) is 0 Å². The molecule has 5 amide bonds. The predicted molar refractivity (Wildman–Crippen MR) is 92.6 cm³/mol. The number of esters is 1. The number of amides is 5. The van der Waals surface area contributed by atoms with Crippen molar-refractivity contribution in [3.8, 4) is 0 Å². The molecule has 0 radical (unpaired) electrons. The number of urea groups is 1. The maximum atomic E-state index is 12.4. The number of carbonyl (C=O) groups is 5. The van der Waals surface area contributed by atoms with Crippen molar-refractivity contribution in [1.29, 1.82) is 0 Å². The number of benzene rings is 1. The van der Waals surface area contributed by atoms with Gasteiger partial charge in [-0.15, -0.1) is 0 Å². The summed E-state index contributed by atoms with van der Waals surface area (Å²) in [5, 5.41) is 2.53. The molecule has 9 heteroatoms. The van der Waals surface area contributed by atoms with Crippen LogP contribution < -0.4 is 5.32 Å². The molecule has 9 nitrogen and oxygen atoms in total. The minimum absolute atomic E-state index is 0.270. The number of nitrogens with one attached hydrogen (secondary N) is 1. The number of anilines is 1. The van der Waals surface area contributed by atoms with E-state index in [1.54, 1.807) is 0 Å². The third kappa shape index (κ3) is 3.67. The maximum absolute atomic E-state index is 12.4. The Balaban J connectivity index is 1.63. The summed E-state index contributed by atoms with van der Waals surface area (Å²) in [5.41, 5.74) is 0.698. The number of imide groups is 2. The highest BCUT2D eigenvalue weighted by molar-refractivity contribution is 6.45. The SMILES string of the molecule is COC(=O)c1ccc(NC(=O)CN2C(=O)C(=O)N(C3CCCC3)C2=O)cc1. The van der Waals surface area contributed by atoms with E-state index < -0.39 is 36.3 Å². The molecule has 1 N–H and O–H groups in total. The summed E-state index contributed by atoms with van der Waals surface area (Å²) < 4.78 is 4.59. The highest BCUT2D eigenvalue weighted by atomic mass is 16.5. The zero-order valence-electron chi connectivity index (χ0n) is 14.8. The lowest BCUT2D eigenvalue weighted by Gasteiger charge is -2.20. The second kappa shape index (κ2) is 7.56. The molecule has 1 saturated heterocycles. The van der Waals surface area contributed by atoms with E-state index in [4.69, 9.17) is 0 Å². The molecule has 0 unspecified atom stereocenters. The second-order valence-electron chi connectivity index (χ2n) is 6.40. The molecule has 142 valence electrons. The van der Waals surface area contributed by atoms with Crippen LogP contribution in [0.15, 0.2) is 24.3 Å². The molecule has 1 saturated carbocycles. The predicted octanol–water partition coefficient (Wildman–Crippen LogP) is 1.15. The van der Waals surface area contributed by atoms with Gasteiger partial charge in [-0.1, -0.05) is 12.8 Å². The van der Waals surface area contributed by atoms with Gasteiger partial charge in [-0.05, 0) is 37.1 Å². The van der Waals surface area contributed by atoms with Crippen molar-refractivity contribution in [1.82, 2.24) is 9.80 Å². The normalized spacial score (nSPS) is 17.6. The molecule has 27 heavy (non-hydrogen) atoms. The van der Waals surface area contributed by atoms with Crippen LogP contribution in [-0.2, 0) is 19.1 Å². The van der Waals surface area contributed by atoms with Gasteiger partial charge < -0.3 is 10.1 Å². The summed E-state index contributed by atoms with van der Waals surface area (Å²) in [7, 11) is 1.26. The van der Waals surface area contributed by atoms with Crippen LogP contribution in [0.4, 0.5) is 10.5 Å². The first kappa shape index (κ1) is 18.6. The number of hydrogen-bond donors (Lipinski definition) is 1. The first-order chi connectivity index (χ1) is 12.9. The van der Waals surface area contributed by atoms with E-state index in [0.717, 1.165) is 17.7 Å². The van der Waals surface area contributed by atoms with Crippen molar-refractivity contribution in [2.45, 2.75) is 31.7 Å². The van der Waals surface area contributed by atoms with Gasteiger partial charge in [0.05, 0.1) is 12.7 Å². The lowest BCUT2D eigenvalue weighted by Crippen LogP contribution is -2.41. The van der Waals surface area contributed by atoms with Crippen molar-refractivity contribution in [3.05, 3.63) is 29.8 Å². The minimum Gasteiger partial charge on any atom is -0.465 e. The molecule has 1 heterocycles. The van der Waals surface area contributed by atoms with E-state index in [-0.39, 0.29) is 6.04 Å². The van der Waals surface area contributed by atoms with Crippen molar-refractivity contribution in [2.75, 3.05) is 19.0 Å². The average molecular weight is 373 g/mol. The molecule has 0 spiro atoms. The topological polar surface area (TPSA) is 113 Å². The van der Waals surface area contributed by atoms with Crippen LogP contribution in [0.3, 0.4) is 0 Å². The summed E-state index contributed by atoms with van der Waals surface area (Å²) in [6, 6.07) is 4.92. The molecule has 3 rings (SSSR count). The molecule has 0 aromatic heterocycles. The molecule has 1 aliphatic carbocycles. The number of methoxy groups -OCH3 is 1. The van der Waals surface area contributed by atoms with Crippen LogP contribution in [0.2, 0.25) is 0 Å². The van der Waals surface area contributed by atoms with Crippen LogP contribution in [-0.4, -0.2) is 59.2 Å². The third-order valence-electron chi connectivity index (χ3n) is 4.67. The Bertz CT molecular complexity index is 798. The number of hydrogen-bond acceptors (Lipinski definition) is 6. The smallest absolute Gasteiger partial charge is 0.337 e. The van der Waals surface area contributed by atoms with E-state index in [1.807, 2.05) is 0 Å². The summed E-state index contributed by atoms with van der Waals surface area (Å²) in [6.45, 7) is -0.550. The average Bonchev–Trinajstić information content (AvgIpc) is 3.25. The Morgan fingerprint density at radius 1 is 1.07 bits per heavy atom. The van der Waals surface area contributed by atoms with E-state index in [0.29, 0.717) is 29.0 Å². The fraction of sp³-hybridized carbons (Fsp3) is 0.389. The Morgan fingerprint density at radius 2 is 1.70 bits per heavy atom. The van der Waals surface area contributed by atoms with E-state index in [9.17, 15) is 24.0 Å². The van der Waals surface area contributed by atoms with Gasteiger partial charge in [-0.2, -0.15) is 0 Å². The van der Waals surface area contributed by atoms with E-state index in [2.05, 4.69) is 10.1 Å². The van der Waals surface area contributed by atoms with Crippen LogP contribution in [0.25, 0.3) is 0 Å². The van der Waals surface area contributed by atoms with Gasteiger partial charge in [0.15, 0.2) is 0 Å². The Kier molecular flexibility index (Phi) is 5.20. The maximum Gasteiger partial charge on any atom is 0.337 e. The molecule has 0 bridgehead atoms. The number of nitrogens with zero attached hydrogens (tertiary/aromatic N) is 2. The highest BCUT2D eigenvalue weighted by Gasteiger charge is 2.48. The van der Waals surface area contributed by atoms with Gasteiger partial charge in [0.2, 0.25) is 5.91 Å². The summed E-state index contributed by atoms with van der Waals surface area (Å²) in [5.74, 6) is -2.99. The van der Waals surface area contributed by atoms with E-state index in [1.165, 1.54) is 31.4 Å². The molecule has 2 fully saturated rings. The van der Waals surface area contributed by atoms with Crippen molar-refractivity contribution in [2.24, 2.45) is 0 Å². The zero-order chi connectivity index (χ0) is 19.6. The molecular weight excluding hydrogens is 354 g/mol. The van der Waals surface area contributed by atoms with Gasteiger partial charge in [0, 0.05) is 11.7 Å². The molecule has 2 aliphatic rings. The minimum atomic E-state index is -0.983. The van der Waals surface area contributed by atoms with Crippen LogP contribution >= 0.6 is 0 Å². The van der Waals surface area contributed by atoms with Crippen LogP contribution in [0, 0.1) is 0 Å². The summed E-state index contributed by atoms with van der Waals surface area (Å²) in [6.07, 6.45) is 3.16. The van der Waals surface area contributed by atoms with Crippen LogP contribution in [0.1, 0.15) is 36.0 Å².